The highest BCUT2D eigenvalue weighted by molar-refractivity contribution is 5.99. The van der Waals surface area contributed by atoms with Crippen molar-refractivity contribution in [1.82, 2.24) is 4.90 Å². The molecule has 1 fully saturated rings. The van der Waals surface area contributed by atoms with Crippen LogP contribution in [-0.4, -0.2) is 34.8 Å². The molecule has 2 atom stereocenters. The quantitative estimate of drug-likeness (QED) is 0.728. The van der Waals surface area contributed by atoms with E-state index < -0.39 is 5.54 Å². The van der Waals surface area contributed by atoms with Gasteiger partial charge in [-0.05, 0) is 25.7 Å². The third kappa shape index (κ3) is 2.19. The molecular weight excluding hydrogens is 232 g/mol. The number of nitrogens with zero attached hydrogens (tertiary/aromatic N) is 2. The van der Waals surface area contributed by atoms with Crippen molar-refractivity contribution in [2.45, 2.75) is 39.2 Å². The van der Waals surface area contributed by atoms with Crippen molar-refractivity contribution in [2.24, 2.45) is 27.8 Å². The summed E-state index contributed by atoms with van der Waals surface area (Å²) in [5.74, 6) is -0.262. The van der Waals surface area contributed by atoms with Crippen LogP contribution < -0.4 is 11.5 Å². The Bertz CT molecular complexity index is 443. The van der Waals surface area contributed by atoms with Gasteiger partial charge in [0.15, 0.2) is 5.96 Å². The number of amides is 2. The molecule has 0 saturated heterocycles. The lowest BCUT2D eigenvalue weighted by atomic mass is 9.97. The van der Waals surface area contributed by atoms with Crippen molar-refractivity contribution >= 4 is 17.8 Å². The lowest BCUT2D eigenvalue weighted by molar-refractivity contribution is -0.130. The van der Waals surface area contributed by atoms with Crippen LogP contribution in [0.2, 0.25) is 0 Å². The normalized spacial score (nSPS) is 34.2. The Hall–Kier alpha value is -1.59. The maximum atomic E-state index is 12.1. The van der Waals surface area contributed by atoms with Crippen molar-refractivity contribution in [3.8, 4) is 0 Å². The monoisotopic (exact) mass is 252 g/mol. The third-order valence-electron chi connectivity index (χ3n) is 3.79. The molecule has 2 rings (SSSR count). The average molecular weight is 252 g/mol. The molecule has 1 heterocycles. The highest BCUT2D eigenvalue weighted by Gasteiger charge is 2.55. The summed E-state index contributed by atoms with van der Waals surface area (Å²) in [6, 6.07) is 0. The maximum Gasteiger partial charge on any atom is 0.231 e. The van der Waals surface area contributed by atoms with Gasteiger partial charge >= 0.3 is 0 Å². The van der Waals surface area contributed by atoms with Crippen LogP contribution in [0.3, 0.4) is 0 Å². The van der Waals surface area contributed by atoms with Crippen LogP contribution in [-0.2, 0) is 9.59 Å². The third-order valence-corrected chi connectivity index (χ3v) is 3.79. The zero-order valence-corrected chi connectivity index (χ0v) is 11.1. The molecular formula is C12H20N4O2. The number of hydrogen-bond acceptors (Lipinski definition) is 4. The molecule has 1 aliphatic heterocycles. The Balaban J connectivity index is 2.12. The fourth-order valence-corrected chi connectivity index (χ4v) is 2.56. The largest absolute Gasteiger partial charge is 0.369 e. The molecule has 100 valence electrons. The molecule has 0 aromatic heterocycles. The van der Waals surface area contributed by atoms with Crippen molar-refractivity contribution in [3.05, 3.63) is 0 Å². The van der Waals surface area contributed by atoms with E-state index in [1.165, 1.54) is 4.90 Å². The van der Waals surface area contributed by atoms with E-state index in [4.69, 9.17) is 11.5 Å². The van der Waals surface area contributed by atoms with E-state index in [1.54, 1.807) is 0 Å². The van der Waals surface area contributed by atoms with Gasteiger partial charge in [-0.2, -0.15) is 0 Å². The van der Waals surface area contributed by atoms with Gasteiger partial charge in [0.2, 0.25) is 11.8 Å². The highest BCUT2D eigenvalue weighted by Crippen LogP contribution is 2.52. The van der Waals surface area contributed by atoms with Crippen LogP contribution in [0, 0.1) is 11.3 Å². The Morgan fingerprint density at radius 2 is 2.11 bits per heavy atom. The molecule has 1 unspecified atom stereocenters. The standard InChI is InChI=1S/C12H20N4O2/c1-11(2)5-8(17)16(10(14)15-11)6-12(3)4-7(12)9(13)18/h7H,4-6H2,1-3H3,(H2,13,18)(H2,14,15)/t7?,12-/m1/s1. The molecule has 0 radical (unpaired) electrons. The fourth-order valence-electron chi connectivity index (χ4n) is 2.56. The molecule has 1 saturated carbocycles. The van der Waals surface area contributed by atoms with Gasteiger partial charge in [-0.25, -0.2) is 4.99 Å². The predicted molar refractivity (Wildman–Crippen MR) is 67.4 cm³/mol. The van der Waals surface area contributed by atoms with Crippen LogP contribution in [0.4, 0.5) is 0 Å². The molecule has 2 aliphatic rings. The zero-order chi connectivity index (χ0) is 13.7. The minimum Gasteiger partial charge on any atom is -0.369 e. The second-order valence-corrected chi connectivity index (χ2v) is 6.25. The molecule has 0 bridgehead atoms. The van der Waals surface area contributed by atoms with Gasteiger partial charge in [-0.15, -0.1) is 0 Å². The Kier molecular flexibility index (Phi) is 2.64. The van der Waals surface area contributed by atoms with Gasteiger partial charge in [-0.1, -0.05) is 6.92 Å². The van der Waals surface area contributed by atoms with Crippen LogP contribution in [0.15, 0.2) is 4.99 Å². The van der Waals surface area contributed by atoms with Gasteiger partial charge in [-0.3, -0.25) is 14.5 Å². The first kappa shape index (κ1) is 12.9. The van der Waals surface area contributed by atoms with Crippen LogP contribution in [0.1, 0.15) is 33.6 Å². The lowest BCUT2D eigenvalue weighted by Gasteiger charge is -2.34. The minimum absolute atomic E-state index is 0.0381. The summed E-state index contributed by atoms with van der Waals surface area (Å²) in [6.07, 6.45) is 1.05. The Morgan fingerprint density at radius 3 is 2.56 bits per heavy atom. The van der Waals surface area contributed by atoms with E-state index in [0.717, 1.165) is 0 Å². The number of rotatable bonds is 3. The summed E-state index contributed by atoms with van der Waals surface area (Å²) in [5.41, 5.74) is 10.4. The van der Waals surface area contributed by atoms with Crippen LogP contribution >= 0.6 is 0 Å². The van der Waals surface area contributed by atoms with Crippen molar-refractivity contribution in [3.63, 3.8) is 0 Å². The van der Waals surface area contributed by atoms with E-state index in [1.807, 2.05) is 20.8 Å². The number of carbonyl (C=O) groups excluding carboxylic acids is 2. The van der Waals surface area contributed by atoms with E-state index >= 15 is 0 Å². The molecule has 6 nitrogen and oxygen atoms in total. The van der Waals surface area contributed by atoms with Gasteiger partial charge in [0.25, 0.3) is 0 Å². The summed E-state index contributed by atoms with van der Waals surface area (Å²) in [7, 11) is 0. The summed E-state index contributed by atoms with van der Waals surface area (Å²) in [4.78, 5) is 29.0. The molecule has 0 aromatic rings. The molecule has 4 N–H and O–H groups in total. The number of primary amides is 1. The summed E-state index contributed by atoms with van der Waals surface area (Å²) < 4.78 is 0. The van der Waals surface area contributed by atoms with E-state index in [-0.39, 0.29) is 29.1 Å². The molecule has 1 aliphatic carbocycles. The molecule has 18 heavy (non-hydrogen) atoms. The smallest absolute Gasteiger partial charge is 0.231 e. The second-order valence-electron chi connectivity index (χ2n) is 6.25. The SMILES string of the molecule is CC1(C)CC(=O)N(C[C@@]2(C)CC2C(N)=O)C(N)=N1. The van der Waals surface area contributed by atoms with E-state index in [9.17, 15) is 9.59 Å². The van der Waals surface area contributed by atoms with Gasteiger partial charge in [0.1, 0.15) is 0 Å². The summed E-state index contributed by atoms with van der Waals surface area (Å²) in [6.45, 7) is 6.12. The van der Waals surface area contributed by atoms with Crippen LogP contribution in [0.25, 0.3) is 0 Å². The summed E-state index contributed by atoms with van der Waals surface area (Å²) >= 11 is 0. The molecule has 2 amide bonds. The molecule has 0 spiro atoms. The molecule has 6 heteroatoms. The van der Waals surface area contributed by atoms with E-state index in [2.05, 4.69) is 4.99 Å². The van der Waals surface area contributed by atoms with Gasteiger partial charge < -0.3 is 11.5 Å². The second kappa shape index (κ2) is 3.70. The fraction of sp³-hybridized carbons (Fsp3) is 0.750. The first-order valence-corrected chi connectivity index (χ1v) is 6.10. The Morgan fingerprint density at radius 1 is 1.50 bits per heavy atom. The van der Waals surface area contributed by atoms with Gasteiger partial charge in [0.05, 0.1) is 12.0 Å². The summed E-state index contributed by atoms with van der Waals surface area (Å²) in [5, 5.41) is 0. The number of hydrogen-bond donors (Lipinski definition) is 2. The predicted octanol–water partition coefficient (Wildman–Crippen LogP) is -0.176. The maximum absolute atomic E-state index is 12.1. The lowest BCUT2D eigenvalue weighted by Crippen LogP contribution is -2.51. The zero-order valence-electron chi connectivity index (χ0n) is 11.1. The number of nitrogens with two attached hydrogens (primary N) is 2. The van der Waals surface area contributed by atoms with E-state index in [0.29, 0.717) is 19.4 Å². The Labute approximate surface area is 106 Å². The van der Waals surface area contributed by atoms with Crippen molar-refractivity contribution < 1.29 is 9.59 Å². The number of guanidine groups is 1. The van der Waals surface area contributed by atoms with Crippen LogP contribution in [0.5, 0.6) is 0 Å². The van der Waals surface area contributed by atoms with Crippen molar-refractivity contribution in [2.75, 3.05) is 6.54 Å². The minimum atomic E-state index is -0.439. The first-order chi connectivity index (χ1) is 8.15. The first-order valence-electron chi connectivity index (χ1n) is 6.10. The average Bonchev–Trinajstić information content (AvgIpc) is 2.84. The molecule has 0 aromatic carbocycles. The highest BCUT2D eigenvalue weighted by atomic mass is 16.2. The topological polar surface area (TPSA) is 102 Å². The number of aliphatic imine (C=N–C) groups is 1. The van der Waals surface area contributed by atoms with Crippen molar-refractivity contribution in [1.29, 1.82) is 0 Å². The van der Waals surface area contributed by atoms with Gasteiger partial charge in [0, 0.05) is 12.5 Å². The number of carbonyl (C=O) groups is 2.